The molecule has 1 atom stereocenters. The number of nitrogens with one attached hydrogen (secondary N) is 1. The first-order chi connectivity index (χ1) is 9.98. The van der Waals surface area contributed by atoms with Crippen LogP contribution in [-0.4, -0.2) is 70.1 Å². The number of carbonyl (C=O) groups is 1. The maximum atomic E-state index is 12.0. The van der Waals surface area contributed by atoms with Gasteiger partial charge in [0, 0.05) is 26.3 Å². The van der Waals surface area contributed by atoms with Gasteiger partial charge in [0.05, 0.1) is 18.1 Å². The topological polar surface area (TPSA) is 75.7 Å². The molecule has 0 aliphatic carbocycles. The molecule has 7 heteroatoms. The van der Waals surface area contributed by atoms with Crippen LogP contribution in [0.5, 0.6) is 0 Å². The summed E-state index contributed by atoms with van der Waals surface area (Å²) in [6.07, 6.45) is 3.44. The standard InChI is InChI=1S/C14H28N2O4S/c1-3-4-8-16(13-6-10-21(18,19)12-13)11-14(17)15-7-5-9-20-2/h13H,3-12H2,1-2H3,(H,15,17). The van der Waals surface area contributed by atoms with Crippen molar-refractivity contribution in [1.82, 2.24) is 10.2 Å². The molecule has 0 aromatic rings. The third-order valence-electron chi connectivity index (χ3n) is 3.72. The van der Waals surface area contributed by atoms with Gasteiger partial charge in [-0.15, -0.1) is 0 Å². The molecule has 0 spiro atoms. The van der Waals surface area contributed by atoms with Gasteiger partial charge in [0.2, 0.25) is 5.91 Å². The predicted octanol–water partition coefficient (Wildman–Crippen LogP) is 0.428. The summed E-state index contributed by atoms with van der Waals surface area (Å²) in [5, 5.41) is 2.86. The Morgan fingerprint density at radius 3 is 2.71 bits per heavy atom. The summed E-state index contributed by atoms with van der Waals surface area (Å²) in [6.45, 7) is 4.38. The van der Waals surface area contributed by atoms with Gasteiger partial charge in [-0.2, -0.15) is 0 Å². The van der Waals surface area contributed by atoms with E-state index in [1.165, 1.54) is 0 Å². The van der Waals surface area contributed by atoms with Crippen LogP contribution >= 0.6 is 0 Å². The Labute approximate surface area is 128 Å². The van der Waals surface area contributed by atoms with Gasteiger partial charge in [0.25, 0.3) is 0 Å². The van der Waals surface area contributed by atoms with E-state index in [-0.39, 0.29) is 30.0 Å². The molecule has 1 aliphatic heterocycles. The summed E-state index contributed by atoms with van der Waals surface area (Å²) in [5.74, 6) is 0.398. The number of hydrogen-bond acceptors (Lipinski definition) is 5. The highest BCUT2D eigenvalue weighted by molar-refractivity contribution is 7.91. The van der Waals surface area contributed by atoms with E-state index in [2.05, 4.69) is 12.2 Å². The molecule has 1 saturated heterocycles. The smallest absolute Gasteiger partial charge is 0.234 e. The molecule has 1 N–H and O–H groups in total. The molecule has 1 amide bonds. The molecular formula is C14H28N2O4S. The van der Waals surface area contributed by atoms with Crippen molar-refractivity contribution < 1.29 is 17.9 Å². The molecule has 0 saturated carbocycles. The zero-order valence-corrected chi connectivity index (χ0v) is 14.0. The van der Waals surface area contributed by atoms with Crippen LogP contribution in [0.25, 0.3) is 0 Å². The van der Waals surface area contributed by atoms with E-state index in [0.29, 0.717) is 19.6 Å². The highest BCUT2D eigenvalue weighted by Gasteiger charge is 2.32. The Morgan fingerprint density at radius 1 is 1.38 bits per heavy atom. The number of nitrogens with zero attached hydrogens (tertiary/aromatic N) is 1. The highest BCUT2D eigenvalue weighted by Crippen LogP contribution is 2.18. The summed E-state index contributed by atoms with van der Waals surface area (Å²) in [5.41, 5.74) is 0. The molecule has 0 aromatic heterocycles. The van der Waals surface area contributed by atoms with E-state index in [0.717, 1.165) is 25.8 Å². The van der Waals surface area contributed by atoms with Crippen LogP contribution in [0.15, 0.2) is 0 Å². The monoisotopic (exact) mass is 320 g/mol. The van der Waals surface area contributed by atoms with Crippen LogP contribution in [0.4, 0.5) is 0 Å². The van der Waals surface area contributed by atoms with Gasteiger partial charge in [-0.3, -0.25) is 9.69 Å². The lowest BCUT2D eigenvalue weighted by Crippen LogP contribution is -2.44. The minimum atomic E-state index is -2.92. The average Bonchev–Trinajstić information content (AvgIpc) is 2.80. The largest absolute Gasteiger partial charge is 0.385 e. The third-order valence-corrected chi connectivity index (χ3v) is 5.47. The molecule has 6 nitrogen and oxygen atoms in total. The van der Waals surface area contributed by atoms with Crippen LogP contribution in [0.3, 0.4) is 0 Å². The zero-order valence-electron chi connectivity index (χ0n) is 13.1. The molecular weight excluding hydrogens is 292 g/mol. The van der Waals surface area contributed by atoms with Crippen molar-refractivity contribution in [3.63, 3.8) is 0 Å². The van der Waals surface area contributed by atoms with Crippen LogP contribution < -0.4 is 5.32 Å². The van der Waals surface area contributed by atoms with Gasteiger partial charge in [0.1, 0.15) is 0 Å². The van der Waals surface area contributed by atoms with E-state index in [4.69, 9.17) is 4.74 Å². The molecule has 1 fully saturated rings. The van der Waals surface area contributed by atoms with Crippen molar-refractivity contribution in [2.24, 2.45) is 0 Å². The summed E-state index contributed by atoms with van der Waals surface area (Å²) >= 11 is 0. The van der Waals surface area contributed by atoms with Crippen molar-refractivity contribution in [2.45, 2.75) is 38.6 Å². The maximum absolute atomic E-state index is 12.0. The fourth-order valence-corrected chi connectivity index (χ4v) is 4.26. The van der Waals surface area contributed by atoms with Crippen LogP contribution in [0, 0.1) is 0 Å². The molecule has 1 unspecified atom stereocenters. The molecule has 21 heavy (non-hydrogen) atoms. The first-order valence-corrected chi connectivity index (χ1v) is 9.50. The molecule has 124 valence electrons. The minimum absolute atomic E-state index is 0.00808. The number of carbonyl (C=O) groups excluding carboxylic acids is 1. The summed E-state index contributed by atoms with van der Waals surface area (Å²) in [4.78, 5) is 14.0. The summed E-state index contributed by atoms with van der Waals surface area (Å²) < 4.78 is 28.1. The number of unbranched alkanes of at least 4 members (excludes halogenated alkanes) is 1. The SMILES string of the molecule is CCCCN(CC(=O)NCCCOC)C1CCS(=O)(=O)C1. The first kappa shape index (κ1) is 18.4. The Morgan fingerprint density at radius 2 is 2.14 bits per heavy atom. The van der Waals surface area contributed by atoms with Gasteiger partial charge in [-0.25, -0.2) is 8.42 Å². The van der Waals surface area contributed by atoms with Gasteiger partial charge >= 0.3 is 0 Å². The summed E-state index contributed by atoms with van der Waals surface area (Å²) in [7, 11) is -1.28. The van der Waals surface area contributed by atoms with Gasteiger partial charge < -0.3 is 10.1 Å². The average molecular weight is 320 g/mol. The van der Waals surface area contributed by atoms with Gasteiger partial charge in [-0.1, -0.05) is 13.3 Å². The lowest BCUT2D eigenvalue weighted by molar-refractivity contribution is -0.122. The second-order valence-corrected chi connectivity index (χ2v) is 7.81. The fraction of sp³-hybridized carbons (Fsp3) is 0.929. The Kier molecular flexibility index (Phi) is 8.21. The predicted molar refractivity (Wildman–Crippen MR) is 83.0 cm³/mol. The van der Waals surface area contributed by atoms with Crippen LogP contribution in [0.1, 0.15) is 32.6 Å². The van der Waals surface area contributed by atoms with E-state index < -0.39 is 9.84 Å². The van der Waals surface area contributed by atoms with Gasteiger partial charge in [0.15, 0.2) is 9.84 Å². The fourth-order valence-electron chi connectivity index (χ4n) is 2.50. The van der Waals surface area contributed by atoms with E-state index in [1.807, 2.05) is 4.90 Å². The van der Waals surface area contributed by atoms with Crippen molar-refractivity contribution in [3.05, 3.63) is 0 Å². The minimum Gasteiger partial charge on any atom is -0.385 e. The number of sulfone groups is 1. The van der Waals surface area contributed by atoms with E-state index in [1.54, 1.807) is 7.11 Å². The molecule has 1 heterocycles. The second-order valence-electron chi connectivity index (χ2n) is 5.58. The zero-order chi connectivity index (χ0) is 15.7. The maximum Gasteiger partial charge on any atom is 0.234 e. The van der Waals surface area contributed by atoms with Crippen molar-refractivity contribution in [1.29, 1.82) is 0 Å². The van der Waals surface area contributed by atoms with Crippen molar-refractivity contribution in [2.75, 3.05) is 44.9 Å². The Bertz CT molecular complexity index is 411. The number of rotatable bonds is 10. The van der Waals surface area contributed by atoms with Crippen molar-refractivity contribution in [3.8, 4) is 0 Å². The third kappa shape index (κ3) is 7.24. The van der Waals surface area contributed by atoms with Crippen LogP contribution in [0.2, 0.25) is 0 Å². The van der Waals surface area contributed by atoms with Gasteiger partial charge in [-0.05, 0) is 25.8 Å². The van der Waals surface area contributed by atoms with Crippen molar-refractivity contribution >= 4 is 15.7 Å². The molecule has 0 bridgehead atoms. The van der Waals surface area contributed by atoms with Crippen LogP contribution in [-0.2, 0) is 19.4 Å². The lowest BCUT2D eigenvalue weighted by Gasteiger charge is -2.27. The lowest BCUT2D eigenvalue weighted by atomic mass is 10.2. The number of amides is 1. The Balaban J connectivity index is 2.44. The molecule has 1 aliphatic rings. The molecule has 0 aromatic carbocycles. The molecule has 0 radical (unpaired) electrons. The normalized spacial score (nSPS) is 20.8. The van der Waals surface area contributed by atoms with E-state index in [9.17, 15) is 13.2 Å². The first-order valence-electron chi connectivity index (χ1n) is 7.68. The number of methoxy groups -OCH3 is 1. The number of ether oxygens (including phenoxy) is 1. The van der Waals surface area contributed by atoms with E-state index >= 15 is 0 Å². The number of hydrogen-bond donors (Lipinski definition) is 1. The molecule has 1 rings (SSSR count). The summed E-state index contributed by atoms with van der Waals surface area (Å²) in [6, 6.07) is -0.00808. The highest BCUT2D eigenvalue weighted by atomic mass is 32.2. The quantitative estimate of drug-likeness (QED) is 0.591. The second kappa shape index (κ2) is 9.38. The Hall–Kier alpha value is -0.660.